The first-order valence-corrected chi connectivity index (χ1v) is 11.5. The summed E-state index contributed by atoms with van der Waals surface area (Å²) in [5.41, 5.74) is 1.01. The molecule has 0 bridgehead atoms. The van der Waals surface area contributed by atoms with Crippen LogP contribution in [0.4, 0.5) is 17.6 Å². The van der Waals surface area contributed by atoms with Crippen LogP contribution in [0.2, 0.25) is 0 Å². The first-order valence-electron chi connectivity index (χ1n) is 9.97. The highest BCUT2D eigenvalue weighted by atomic mass is 32.2. The molecule has 2 aromatic carbocycles. The summed E-state index contributed by atoms with van der Waals surface area (Å²) < 4.78 is 86.6. The number of rotatable bonds is 7. The van der Waals surface area contributed by atoms with E-state index in [0.717, 1.165) is 6.07 Å². The number of nitrogens with zero attached hydrogens (tertiary/aromatic N) is 1. The average Bonchev–Trinajstić information content (AvgIpc) is 3.25. The van der Waals surface area contributed by atoms with Crippen LogP contribution in [0, 0.1) is 5.82 Å². The van der Waals surface area contributed by atoms with Gasteiger partial charge >= 0.3 is 6.18 Å². The van der Waals surface area contributed by atoms with Gasteiger partial charge in [-0.3, -0.25) is 9.78 Å². The van der Waals surface area contributed by atoms with Crippen LogP contribution in [0.1, 0.15) is 16.1 Å². The van der Waals surface area contributed by atoms with Gasteiger partial charge in [0.15, 0.2) is 18.0 Å². The molecular formula is C23H16F4N2O5S. The maximum absolute atomic E-state index is 13.9. The van der Waals surface area contributed by atoms with Gasteiger partial charge in [-0.15, -0.1) is 0 Å². The number of nitrogens with one attached hydrogen (secondary N) is 1. The molecule has 0 aliphatic carbocycles. The minimum Gasteiger partial charge on any atom is -0.484 e. The quantitative estimate of drug-likeness (QED) is 0.365. The summed E-state index contributed by atoms with van der Waals surface area (Å²) in [5.74, 6) is -2.03. The van der Waals surface area contributed by atoms with Crippen molar-refractivity contribution in [2.75, 3.05) is 6.61 Å². The van der Waals surface area contributed by atoms with Crippen molar-refractivity contribution < 1.29 is 39.9 Å². The van der Waals surface area contributed by atoms with E-state index in [9.17, 15) is 30.8 Å². The van der Waals surface area contributed by atoms with E-state index < -0.39 is 45.0 Å². The van der Waals surface area contributed by atoms with Crippen LogP contribution in [0.15, 0.2) is 81.2 Å². The summed E-state index contributed by atoms with van der Waals surface area (Å²) in [6.45, 7) is -1.63. The number of furan rings is 1. The molecule has 0 radical (unpaired) electrons. The molecular weight excluding hydrogens is 492 g/mol. The predicted molar refractivity (Wildman–Crippen MR) is 115 cm³/mol. The fraction of sp³-hybridized carbons (Fsp3) is 0.130. The van der Waals surface area contributed by atoms with Crippen LogP contribution in [0.3, 0.4) is 0 Å². The standard InChI is InChI=1S/C23H16F4N2O5S/c24-16-8-17(33-13-23(25,26)27)10-19(9-16)35(31,32)18-3-1-14(2-4-18)11-29-22(30)20-7-15-5-6-28-12-21(15)34-20/h1-10,12H,11,13H2,(H,29,30). The van der Waals surface area contributed by atoms with Crippen LogP contribution in [0.25, 0.3) is 11.0 Å². The highest BCUT2D eigenvalue weighted by Gasteiger charge is 2.29. The maximum atomic E-state index is 13.9. The number of ether oxygens (including phenoxy) is 1. The molecule has 0 spiro atoms. The molecule has 12 heteroatoms. The predicted octanol–water partition coefficient (Wildman–Crippen LogP) is 4.67. The van der Waals surface area contributed by atoms with E-state index in [1.165, 1.54) is 30.5 Å². The Morgan fingerprint density at radius 3 is 2.46 bits per heavy atom. The van der Waals surface area contributed by atoms with Crippen molar-refractivity contribution in [2.45, 2.75) is 22.5 Å². The summed E-state index contributed by atoms with van der Waals surface area (Å²) in [7, 11) is -4.25. The number of carbonyl (C=O) groups is 1. The number of hydrogen-bond donors (Lipinski definition) is 1. The number of amides is 1. The lowest BCUT2D eigenvalue weighted by molar-refractivity contribution is -0.153. The Kier molecular flexibility index (Phi) is 6.48. The molecule has 0 fully saturated rings. The molecule has 0 saturated heterocycles. The number of hydrogen-bond acceptors (Lipinski definition) is 6. The number of carbonyl (C=O) groups excluding carboxylic acids is 1. The second-order valence-electron chi connectivity index (χ2n) is 7.38. The number of sulfone groups is 1. The van der Waals surface area contributed by atoms with Gasteiger partial charge < -0.3 is 14.5 Å². The van der Waals surface area contributed by atoms with Crippen LogP contribution in [-0.4, -0.2) is 32.1 Å². The zero-order valence-electron chi connectivity index (χ0n) is 17.7. The smallest absolute Gasteiger partial charge is 0.422 e. The van der Waals surface area contributed by atoms with Crippen molar-refractivity contribution in [2.24, 2.45) is 0 Å². The van der Waals surface area contributed by atoms with E-state index in [2.05, 4.69) is 15.0 Å². The summed E-state index contributed by atoms with van der Waals surface area (Å²) in [6.07, 6.45) is -1.62. The maximum Gasteiger partial charge on any atom is 0.422 e. The van der Waals surface area contributed by atoms with E-state index in [-0.39, 0.29) is 17.2 Å². The van der Waals surface area contributed by atoms with E-state index in [0.29, 0.717) is 28.7 Å². The van der Waals surface area contributed by atoms with Crippen molar-refractivity contribution in [3.63, 3.8) is 0 Å². The van der Waals surface area contributed by atoms with Crippen molar-refractivity contribution in [1.82, 2.24) is 10.3 Å². The summed E-state index contributed by atoms with van der Waals surface area (Å²) in [4.78, 5) is 15.5. The number of fused-ring (bicyclic) bond motifs is 1. The zero-order valence-corrected chi connectivity index (χ0v) is 18.5. The molecule has 0 saturated carbocycles. The van der Waals surface area contributed by atoms with E-state index in [1.807, 2.05) is 0 Å². The van der Waals surface area contributed by atoms with Crippen molar-refractivity contribution in [3.8, 4) is 5.75 Å². The Bertz CT molecular complexity index is 1450. The van der Waals surface area contributed by atoms with Crippen molar-refractivity contribution in [1.29, 1.82) is 0 Å². The molecule has 182 valence electrons. The molecule has 0 atom stereocenters. The largest absolute Gasteiger partial charge is 0.484 e. The highest BCUT2D eigenvalue weighted by molar-refractivity contribution is 7.91. The van der Waals surface area contributed by atoms with Gasteiger partial charge in [0.2, 0.25) is 9.84 Å². The van der Waals surface area contributed by atoms with Crippen LogP contribution >= 0.6 is 0 Å². The average molecular weight is 508 g/mol. The van der Waals surface area contributed by atoms with Gasteiger partial charge in [-0.05, 0) is 42.0 Å². The molecule has 4 aromatic rings. The normalized spacial score (nSPS) is 12.0. The monoisotopic (exact) mass is 508 g/mol. The lowest BCUT2D eigenvalue weighted by Crippen LogP contribution is -2.22. The van der Waals surface area contributed by atoms with Gasteiger partial charge in [0, 0.05) is 24.2 Å². The number of alkyl halides is 3. The Balaban J connectivity index is 1.45. The number of benzene rings is 2. The second-order valence-corrected chi connectivity index (χ2v) is 9.33. The van der Waals surface area contributed by atoms with Gasteiger partial charge in [-0.2, -0.15) is 13.2 Å². The van der Waals surface area contributed by atoms with Gasteiger partial charge in [-0.25, -0.2) is 12.8 Å². The SMILES string of the molecule is O=C(NCc1ccc(S(=O)(=O)c2cc(F)cc(OCC(F)(F)F)c2)cc1)c1cc2ccncc2o1. The van der Waals surface area contributed by atoms with E-state index >= 15 is 0 Å². The van der Waals surface area contributed by atoms with Crippen molar-refractivity contribution >= 4 is 26.7 Å². The molecule has 1 amide bonds. The highest BCUT2D eigenvalue weighted by Crippen LogP contribution is 2.27. The lowest BCUT2D eigenvalue weighted by atomic mass is 10.2. The van der Waals surface area contributed by atoms with Gasteiger partial charge in [0.05, 0.1) is 16.0 Å². The molecule has 0 unspecified atom stereocenters. The topological polar surface area (TPSA) is 98.5 Å². The number of aromatic nitrogens is 1. The minimum absolute atomic E-state index is 0.0594. The minimum atomic E-state index is -4.67. The Morgan fingerprint density at radius 1 is 1.03 bits per heavy atom. The molecule has 7 nitrogen and oxygen atoms in total. The third-order valence-electron chi connectivity index (χ3n) is 4.79. The number of pyridine rings is 1. The van der Waals surface area contributed by atoms with E-state index in [1.54, 1.807) is 18.3 Å². The fourth-order valence-corrected chi connectivity index (χ4v) is 4.43. The molecule has 1 N–H and O–H groups in total. The van der Waals surface area contributed by atoms with Crippen LogP contribution in [-0.2, 0) is 16.4 Å². The molecule has 0 aliphatic heterocycles. The number of halogens is 4. The first-order chi connectivity index (χ1) is 16.5. The zero-order chi connectivity index (χ0) is 25.2. The second kappa shape index (κ2) is 9.37. The summed E-state index contributed by atoms with van der Waals surface area (Å²) >= 11 is 0. The Morgan fingerprint density at radius 2 is 1.77 bits per heavy atom. The molecule has 4 rings (SSSR count). The summed E-state index contributed by atoms with van der Waals surface area (Å²) in [6, 6.07) is 10.8. The first kappa shape index (κ1) is 24.2. The van der Waals surface area contributed by atoms with Gasteiger partial charge in [-0.1, -0.05) is 12.1 Å². The Labute approximate surface area is 196 Å². The van der Waals surface area contributed by atoms with E-state index in [4.69, 9.17) is 4.42 Å². The third kappa shape index (κ3) is 5.77. The molecule has 35 heavy (non-hydrogen) atoms. The Hall–Kier alpha value is -3.93. The third-order valence-corrected chi connectivity index (χ3v) is 6.54. The van der Waals surface area contributed by atoms with Crippen LogP contribution in [0.5, 0.6) is 5.75 Å². The molecule has 0 aliphatic rings. The molecule has 2 aromatic heterocycles. The molecule has 2 heterocycles. The lowest BCUT2D eigenvalue weighted by Gasteiger charge is -2.11. The van der Waals surface area contributed by atoms with Gasteiger partial charge in [0.1, 0.15) is 11.6 Å². The van der Waals surface area contributed by atoms with Crippen LogP contribution < -0.4 is 10.1 Å². The van der Waals surface area contributed by atoms with Gasteiger partial charge in [0.25, 0.3) is 5.91 Å². The summed E-state index contributed by atoms with van der Waals surface area (Å²) in [5, 5.41) is 3.36. The fourth-order valence-electron chi connectivity index (χ4n) is 3.13. The van der Waals surface area contributed by atoms with Crippen molar-refractivity contribution in [3.05, 3.63) is 84.1 Å².